The van der Waals surface area contributed by atoms with Gasteiger partial charge in [0.1, 0.15) is 0 Å². The van der Waals surface area contributed by atoms with Gasteiger partial charge in [-0.15, -0.1) is 0 Å². The van der Waals surface area contributed by atoms with Crippen molar-refractivity contribution in [3.63, 3.8) is 0 Å². The van der Waals surface area contributed by atoms with Crippen LogP contribution >= 0.6 is 0 Å². The van der Waals surface area contributed by atoms with Crippen LogP contribution in [0.4, 0.5) is 16.2 Å². The van der Waals surface area contributed by atoms with E-state index >= 15 is 0 Å². The number of piperazine rings is 1. The summed E-state index contributed by atoms with van der Waals surface area (Å²) in [5, 5.41) is 3.05. The molecule has 0 radical (unpaired) electrons. The van der Waals surface area contributed by atoms with Crippen LogP contribution in [0.5, 0.6) is 0 Å². The van der Waals surface area contributed by atoms with Crippen LogP contribution in [0.2, 0.25) is 0 Å². The second-order valence-corrected chi connectivity index (χ2v) is 7.50. The quantitative estimate of drug-likeness (QED) is 0.893. The second-order valence-electron chi connectivity index (χ2n) is 7.50. The van der Waals surface area contributed by atoms with Crippen LogP contribution in [0.1, 0.15) is 12.0 Å². The minimum atomic E-state index is -0.145. The highest BCUT2D eigenvalue weighted by Gasteiger charge is 2.33. The van der Waals surface area contributed by atoms with Gasteiger partial charge in [0.25, 0.3) is 0 Å². The number of carbonyl (C=O) groups excluding carboxylic acids is 2. The molecule has 0 aliphatic carbocycles. The summed E-state index contributed by atoms with van der Waals surface area (Å²) in [7, 11) is 0. The lowest BCUT2D eigenvalue weighted by molar-refractivity contribution is -0.117. The van der Waals surface area contributed by atoms with E-state index in [0.717, 1.165) is 24.3 Å². The molecule has 28 heavy (non-hydrogen) atoms. The van der Waals surface area contributed by atoms with Gasteiger partial charge >= 0.3 is 6.03 Å². The molecule has 2 saturated heterocycles. The Morgan fingerprint density at radius 1 is 0.929 bits per heavy atom. The summed E-state index contributed by atoms with van der Waals surface area (Å²) in [4.78, 5) is 30.9. The number of urea groups is 1. The van der Waals surface area contributed by atoms with E-state index in [0.29, 0.717) is 26.1 Å². The van der Waals surface area contributed by atoms with Gasteiger partial charge in [-0.3, -0.25) is 4.79 Å². The van der Waals surface area contributed by atoms with Gasteiger partial charge in [0.2, 0.25) is 5.91 Å². The molecule has 0 unspecified atom stereocenters. The van der Waals surface area contributed by atoms with Crippen LogP contribution in [0, 0.1) is 6.92 Å². The standard InChI is InChI=1S/C22H26N4O2/c1-17-7-9-20(10-8-17)26-16-18(15-21(26)27)23-22(28)25-13-11-24(12-14-25)19-5-3-2-4-6-19/h2-10,18H,11-16H2,1H3,(H,23,28)/t18-/m1/s1. The molecular weight excluding hydrogens is 352 g/mol. The first-order chi connectivity index (χ1) is 13.6. The second kappa shape index (κ2) is 7.92. The van der Waals surface area contributed by atoms with E-state index in [1.165, 1.54) is 5.69 Å². The molecule has 0 aromatic heterocycles. The summed E-state index contributed by atoms with van der Waals surface area (Å²) in [6, 6.07) is 18.0. The number of rotatable bonds is 3. The fourth-order valence-corrected chi connectivity index (χ4v) is 3.85. The third-order valence-corrected chi connectivity index (χ3v) is 5.49. The Hall–Kier alpha value is -3.02. The topological polar surface area (TPSA) is 55.9 Å². The van der Waals surface area contributed by atoms with E-state index in [1.807, 2.05) is 54.3 Å². The van der Waals surface area contributed by atoms with Gasteiger partial charge < -0.3 is 20.0 Å². The molecule has 2 fully saturated rings. The predicted octanol–water partition coefficient (Wildman–Crippen LogP) is 2.63. The number of hydrogen-bond acceptors (Lipinski definition) is 3. The van der Waals surface area contributed by atoms with Crippen LogP contribution in [0.3, 0.4) is 0 Å². The summed E-state index contributed by atoms with van der Waals surface area (Å²) in [6.45, 7) is 5.55. The van der Waals surface area contributed by atoms with Crippen molar-refractivity contribution in [1.29, 1.82) is 0 Å². The molecule has 6 heteroatoms. The van der Waals surface area contributed by atoms with E-state index in [2.05, 4.69) is 22.3 Å². The average Bonchev–Trinajstić information content (AvgIpc) is 3.09. The Labute approximate surface area is 165 Å². The number of para-hydroxylation sites is 1. The smallest absolute Gasteiger partial charge is 0.317 e. The van der Waals surface area contributed by atoms with Crippen molar-refractivity contribution in [3.8, 4) is 0 Å². The lowest BCUT2D eigenvalue weighted by Crippen LogP contribution is -2.53. The Balaban J connectivity index is 1.30. The third-order valence-electron chi connectivity index (χ3n) is 5.49. The fourth-order valence-electron chi connectivity index (χ4n) is 3.85. The zero-order valence-electron chi connectivity index (χ0n) is 16.2. The lowest BCUT2D eigenvalue weighted by Gasteiger charge is -2.36. The van der Waals surface area contributed by atoms with Crippen molar-refractivity contribution in [2.24, 2.45) is 0 Å². The van der Waals surface area contributed by atoms with E-state index in [4.69, 9.17) is 0 Å². The summed E-state index contributed by atoms with van der Waals surface area (Å²) in [5.74, 6) is 0.0584. The van der Waals surface area contributed by atoms with Crippen molar-refractivity contribution < 1.29 is 9.59 Å². The Bertz CT molecular complexity index is 829. The largest absolute Gasteiger partial charge is 0.368 e. The van der Waals surface area contributed by atoms with E-state index in [9.17, 15) is 9.59 Å². The van der Waals surface area contributed by atoms with Crippen LogP contribution in [0.15, 0.2) is 54.6 Å². The average molecular weight is 378 g/mol. The first-order valence-electron chi connectivity index (χ1n) is 9.82. The number of benzene rings is 2. The van der Waals surface area contributed by atoms with Gasteiger partial charge in [0.05, 0.1) is 6.04 Å². The molecule has 0 bridgehead atoms. The molecule has 2 aromatic rings. The van der Waals surface area contributed by atoms with Gasteiger partial charge in [0.15, 0.2) is 0 Å². The minimum Gasteiger partial charge on any atom is -0.368 e. The maximum Gasteiger partial charge on any atom is 0.317 e. The molecule has 2 aliphatic rings. The SMILES string of the molecule is Cc1ccc(N2C[C@H](NC(=O)N3CCN(c4ccccc4)CC3)CC2=O)cc1. The third kappa shape index (κ3) is 3.96. The van der Waals surface area contributed by atoms with Gasteiger partial charge in [-0.05, 0) is 31.2 Å². The molecule has 2 heterocycles. The Morgan fingerprint density at radius 3 is 2.29 bits per heavy atom. The van der Waals surface area contributed by atoms with Crippen LogP contribution in [-0.2, 0) is 4.79 Å². The summed E-state index contributed by atoms with van der Waals surface area (Å²) >= 11 is 0. The minimum absolute atomic E-state index is 0.0584. The molecule has 4 rings (SSSR count). The summed E-state index contributed by atoms with van der Waals surface area (Å²) in [6.07, 6.45) is 0.351. The number of anilines is 2. The molecule has 1 N–H and O–H groups in total. The normalized spacial score (nSPS) is 19.8. The molecule has 1 atom stereocenters. The van der Waals surface area contributed by atoms with Crippen molar-refractivity contribution in [2.75, 3.05) is 42.5 Å². The number of carbonyl (C=O) groups is 2. The van der Waals surface area contributed by atoms with Gasteiger partial charge in [-0.2, -0.15) is 0 Å². The molecule has 0 saturated carbocycles. The molecule has 146 valence electrons. The fraction of sp³-hybridized carbons (Fsp3) is 0.364. The molecular formula is C22H26N4O2. The number of amides is 3. The maximum absolute atomic E-state index is 12.7. The monoisotopic (exact) mass is 378 g/mol. The number of nitrogens with zero attached hydrogens (tertiary/aromatic N) is 3. The number of nitrogens with one attached hydrogen (secondary N) is 1. The number of hydrogen-bond donors (Lipinski definition) is 1. The Kier molecular flexibility index (Phi) is 5.19. The maximum atomic E-state index is 12.7. The zero-order chi connectivity index (χ0) is 19.5. The highest BCUT2D eigenvalue weighted by molar-refractivity contribution is 5.96. The summed E-state index contributed by atoms with van der Waals surface area (Å²) in [5.41, 5.74) is 3.25. The molecule has 2 aromatic carbocycles. The first-order valence-corrected chi connectivity index (χ1v) is 9.82. The molecule has 2 aliphatic heterocycles. The Morgan fingerprint density at radius 2 is 1.61 bits per heavy atom. The van der Waals surface area contributed by atoms with E-state index in [1.54, 1.807) is 4.90 Å². The van der Waals surface area contributed by atoms with Crippen molar-refractivity contribution in [3.05, 3.63) is 60.2 Å². The highest BCUT2D eigenvalue weighted by atomic mass is 16.2. The molecule has 0 spiro atoms. The van der Waals surface area contributed by atoms with Gasteiger partial charge in [0, 0.05) is 50.5 Å². The number of aryl methyl sites for hydroxylation is 1. The first kappa shape index (κ1) is 18.3. The predicted molar refractivity (Wildman–Crippen MR) is 111 cm³/mol. The van der Waals surface area contributed by atoms with Crippen LogP contribution < -0.4 is 15.1 Å². The van der Waals surface area contributed by atoms with Crippen molar-refractivity contribution in [1.82, 2.24) is 10.2 Å². The van der Waals surface area contributed by atoms with E-state index < -0.39 is 0 Å². The zero-order valence-corrected chi connectivity index (χ0v) is 16.2. The molecule has 6 nitrogen and oxygen atoms in total. The summed E-state index contributed by atoms with van der Waals surface area (Å²) < 4.78 is 0. The van der Waals surface area contributed by atoms with Gasteiger partial charge in [-0.1, -0.05) is 35.9 Å². The lowest BCUT2D eigenvalue weighted by atomic mass is 10.2. The van der Waals surface area contributed by atoms with Crippen molar-refractivity contribution >= 4 is 23.3 Å². The molecule has 3 amide bonds. The van der Waals surface area contributed by atoms with E-state index in [-0.39, 0.29) is 18.0 Å². The van der Waals surface area contributed by atoms with Crippen molar-refractivity contribution in [2.45, 2.75) is 19.4 Å². The highest BCUT2D eigenvalue weighted by Crippen LogP contribution is 2.22. The van der Waals surface area contributed by atoms with Crippen LogP contribution in [0.25, 0.3) is 0 Å². The van der Waals surface area contributed by atoms with Crippen LogP contribution in [-0.4, -0.2) is 55.6 Å². The van der Waals surface area contributed by atoms with Gasteiger partial charge in [-0.25, -0.2) is 4.79 Å².